The maximum Gasteiger partial charge on any atom is 0.229 e. The second-order valence-corrected chi connectivity index (χ2v) is 5.73. The molecule has 0 aliphatic rings. The molecule has 0 atom stereocenters. The monoisotopic (exact) mass is 335 g/mol. The third kappa shape index (κ3) is 3.07. The fraction of sp³-hybridized carbons (Fsp3) is 0.176. The first-order valence-electron chi connectivity index (χ1n) is 7.85. The fourth-order valence-corrected chi connectivity index (χ4v) is 2.68. The Labute approximate surface area is 143 Å². The molecule has 0 unspecified atom stereocenters. The third-order valence-corrected chi connectivity index (χ3v) is 3.95. The van der Waals surface area contributed by atoms with Crippen LogP contribution < -0.4 is 5.32 Å². The molecule has 0 amide bonds. The lowest BCUT2D eigenvalue weighted by atomic mass is 10.1. The van der Waals surface area contributed by atoms with Gasteiger partial charge >= 0.3 is 0 Å². The van der Waals surface area contributed by atoms with Crippen LogP contribution in [0.25, 0.3) is 11.0 Å². The number of fused-ring (bicyclic) bond motifs is 1. The Balaban J connectivity index is 1.66. The summed E-state index contributed by atoms with van der Waals surface area (Å²) in [5.74, 6) is 0.484. The van der Waals surface area contributed by atoms with E-state index in [0.717, 1.165) is 27.8 Å². The molecule has 0 radical (unpaired) electrons. The molecule has 0 aliphatic heterocycles. The zero-order chi connectivity index (χ0) is 17.2. The summed E-state index contributed by atoms with van der Waals surface area (Å²) in [6.07, 6.45) is 7.04. The van der Waals surface area contributed by atoms with Gasteiger partial charge in [0, 0.05) is 19.4 Å². The summed E-state index contributed by atoms with van der Waals surface area (Å²) in [5.41, 5.74) is 3.44. The van der Waals surface area contributed by atoms with E-state index < -0.39 is 0 Å². The van der Waals surface area contributed by atoms with Crippen molar-refractivity contribution >= 4 is 22.7 Å². The Morgan fingerprint density at radius 1 is 1.08 bits per heavy atom. The van der Waals surface area contributed by atoms with Crippen LogP contribution >= 0.6 is 0 Å². The molecule has 126 valence electrons. The highest BCUT2D eigenvalue weighted by molar-refractivity contribution is 5.75. The highest BCUT2D eigenvalue weighted by Crippen LogP contribution is 2.18. The second-order valence-electron chi connectivity index (χ2n) is 5.73. The van der Waals surface area contributed by atoms with E-state index in [0.29, 0.717) is 12.5 Å². The lowest BCUT2D eigenvalue weighted by Gasteiger charge is -2.08. The van der Waals surface area contributed by atoms with Crippen LogP contribution in [0.4, 0.5) is 11.6 Å². The maximum absolute atomic E-state index is 9.50. The van der Waals surface area contributed by atoms with Crippen molar-refractivity contribution in [2.75, 3.05) is 5.32 Å². The quantitative estimate of drug-likeness (QED) is 0.578. The summed E-state index contributed by atoms with van der Waals surface area (Å²) < 4.78 is 3.51. The van der Waals surface area contributed by atoms with Crippen molar-refractivity contribution in [3.05, 3.63) is 60.2 Å². The molecule has 0 aliphatic carbocycles. The summed E-state index contributed by atoms with van der Waals surface area (Å²) in [6.45, 7) is 0.530. The summed E-state index contributed by atoms with van der Waals surface area (Å²) in [4.78, 5) is 8.88. The van der Waals surface area contributed by atoms with E-state index in [2.05, 4.69) is 25.5 Å². The summed E-state index contributed by atoms with van der Waals surface area (Å²) in [6, 6.07) is 7.75. The Kier molecular flexibility index (Phi) is 3.87. The van der Waals surface area contributed by atoms with Gasteiger partial charge in [0.1, 0.15) is 0 Å². The normalized spacial score (nSPS) is 11.1. The highest BCUT2D eigenvalue weighted by atomic mass is 16.3. The van der Waals surface area contributed by atoms with Crippen LogP contribution in [-0.2, 0) is 20.2 Å². The number of aliphatic hydroxyl groups is 1. The van der Waals surface area contributed by atoms with Gasteiger partial charge in [0.15, 0.2) is 5.65 Å². The van der Waals surface area contributed by atoms with Gasteiger partial charge in [-0.25, -0.2) is 9.67 Å². The average Bonchev–Trinajstić information content (AvgIpc) is 3.22. The van der Waals surface area contributed by atoms with Crippen molar-refractivity contribution < 1.29 is 5.11 Å². The topological polar surface area (TPSA) is 93.7 Å². The van der Waals surface area contributed by atoms with Crippen LogP contribution in [0.15, 0.2) is 49.1 Å². The number of hydrogen-bond acceptors (Lipinski definition) is 6. The molecule has 0 saturated heterocycles. The van der Waals surface area contributed by atoms with Crippen LogP contribution in [0.5, 0.6) is 0 Å². The molecule has 0 fully saturated rings. The minimum Gasteiger partial charge on any atom is -0.392 e. The number of anilines is 2. The number of benzene rings is 1. The van der Waals surface area contributed by atoms with Crippen molar-refractivity contribution in [3.8, 4) is 0 Å². The van der Waals surface area contributed by atoms with E-state index >= 15 is 0 Å². The molecule has 4 rings (SSSR count). The van der Waals surface area contributed by atoms with Crippen molar-refractivity contribution in [2.45, 2.75) is 13.2 Å². The molecule has 3 heterocycles. The smallest absolute Gasteiger partial charge is 0.229 e. The van der Waals surface area contributed by atoms with E-state index in [1.54, 1.807) is 28.0 Å². The second kappa shape index (κ2) is 6.33. The van der Waals surface area contributed by atoms with Crippen LogP contribution in [0.2, 0.25) is 0 Å². The molecule has 0 bridgehead atoms. The average molecular weight is 335 g/mol. The Bertz CT molecular complexity index is 1020. The van der Waals surface area contributed by atoms with Gasteiger partial charge in [0.2, 0.25) is 5.95 Å². The minimum absolute atomic E-state index is 0.00181. The van der Waals surface area contributed by atoms with Crippen LogP contribution in [0.1, 0.15) is 11.1 Å². The van der Waals surface area contributed by atoms with Gasteiger partial charge in [-0.05, 0) is 11.1 Å². The Hall–Kier alpha value is -3.26. The lowest BCUT2D eigenvalue weighted by Crippen LogP contribution is -2.06. The van der Waals surface area contributed by atoms with Crippen LogP contribution in [0, 0.1) is 0 Å². The zero-order valence-electron chi connectivity index (χ0n) is 13.7. The predicted molar refractivity (Wildman–Crippen MR) is 93.3 cm³/mol. The van der Waals surface area contributed by atoms with Crippen molar-refractivity contribution in [1.29, 1.82) is 0 Å². The first-order chi connectivity index (χ1) is 12.2. The highest BCUT2D eigenvalue weighted by Gasteiger charge is 2.10. The number of aliphatic hydroxyl groups excluding tert-OH is 1. The number of nitrogens with zero attached hydrogens (tertiary/aromatic N) is 6. The van der Waals surface area contributed by atoms with Crippen molar-refractivity contribution in [1.82, 2.24) is 29.5 Å². The van der Waals surface area contributed by atoms with Crippen LogP contribution in [-0.4, -0.2) is 34.6 Å². The maximum atomic E-state index is 9.50. The first kappa shape index (κ1) is 15.3. The Morgan fingerprint density at radius 3 is 2.68 bits per heavy atom. The van der Waals surface area contributed by atoms with Crippen molar-refractivity contribution in [3.63, 3.8) is 0 Å². The summed E-state index contributed by atoms with van der Waals surface area (Å²) >= 11 is 0. The number of aryl methyl sites for hydroxylation is 1. The fourth-order valence-electron chi connectivity index (χ4n) is 2.68. The van der Waals surface area contributed by atoms with Gasteiger partial charge in [-0.2, -0.15) is 15.2 Å². The number of hydrogen-bond donors (Lipinski definition) is 2. The van der Waals surface area contributed by atoms with Gasteiger partial charge in [-0.15, -0.1) is 0 Å². The SMILES string of the molecule is Cn1cc(Nc2ncc3cnn(Cc4ccccc4CO)c3n2)cn1. The molecule has 2 N–H and O–H groups in total. The molecular weight excluding hydrogens is 318 g/mol. The van der Waals surface area contributed by atoms with E-state index in [-0.39, 0.29) is 6.61 Å². The van der Waals surface area contributed by atoms with E-state index in [1.165, 1.54) is 0 Å². The number of aromatic nitrogens is 6. The molecule has 4 aromatic rings. The lowest BCUT2D eigenvalue weighted by molar-refractivity contribution is 0.280. The molecule has 0 saturated carbocycles. The van der Waals surface area contributed by atoms with Gasteiger partial charge < -0.3 is 10.4 Å². The van der Waals surface area contributed by atoms with E-state index in [4.69, 9.17) is 0 Å². The molecule has 0 spiro atoms. The predicted octanol–water partition coefficient (Wildman–Crippen LogP) is 1.84. The molecule has 1 aromatic carbocycles. The Morgan fingerprint density at radius 2 is 1.92 bits per heavy atom. The summed E-state index contributed by atoms with van der Waals surface area (Å²) in [7, 11) is 1.85. The van der Waals surface area contributed by atoms with Gasteiger partial charge in [-0.1, -0.05) is 24.3 Å². The van der Waals surface area contributed by atoms with Crippen molar-refractivity contribution in [2.24, 2.45) is 7.05 Å². The van der Waals surface area contributed by atoms with Crippen LogP contribution in [0.3, 0.4) is 0 Å². The molecular formula is C17H17N7O. The van der Waals surface area contributed by atoms with E-state index in [9.17, 15) is 5.11 Å². The largest absolute Gasteiger partial charge is 0.392 e. The summed E-state index contributed by atoms with van der Waals surface area (Å²) in [5, 5.41) is 22.0. The standard InChI is InChI=1S/C17H17N7O/c1-23-10-15(8-19-23)21-17-18-6-14-7-20-24(16(14)22-17)9-12-4-2-3-5-13(12)11-25/h2-8,10,25H,9,11H2,1H3,(H,18,21,22). The minimum atomic E-state index is -0.00181. The first-order valence-corrected chi connectivity index (χ1v) is 7.85. The van der Waals surface area contributed by atoms with E-state index in [1.807, 2.05) is 37.5 Å². The molecule has 25 heavy (non-hydrogen) atoms. The van der Waals surface area contributed by atoms with Gasteiger partial charge in [0.05, 0.1) is 36.6 Å². The molecule has 8 heteroatoms. The third-order valence-electron chi connectivity index (χ3n) is 3.95. The molecule has 3 aromatic heterocycles. The van der Waals surface area contributed by atoms with Gasteiger partial charge in [0.25, 0.3) is 0 Å². The zero-order valence-corrected chi connectivity index (χ0v) is 13.7. The number of nitrogens with one attached hydrogen (secondary N) is 1. The molecule has 8 nitrogen and oxygen atoms in total. The van der Waals surface area contributed by atoms with Gasteiger partial charge in [-0.3, -0.25) is 4.68 Å². The number of rotatable bonds is 5.